The molecule has 2 nitrogen and oxygen atoms in total. The third-order valence-corrected chi connectivity index (χ3v) is 4.02. The van der Waals surface area contributed by atoms with E-state index in [0.29, 0.717) is 0 Å². The molecule has 2 N–H and O–H groups in total. The molecule has 0 aliphatic carbocycles. The van der Waals surface area contributed by atoms with Gasteiger partial charge in [-0.05, 0) is 18.1 Å². The van der Waals surface area contributed by atoms with Crippen molar-refractivity contribution in [3.63, 3.8) is 0 Å². The summed E-state index contributed by atoms with van der Waals surface area (Å²) in [6.45, 7) is 0.878. The number of aliphatic hydroxyl groups excluding tert-OH is 1. The van der Waals surface area contributed by atoms with Crippen molar-refractivity contribution in [1.29, 1.82) is 0 Å². The van der Waals surface area contributed by atoms with Gasteiger partial charge >= 0.3 is 0 Å². The minimum atomic E-state index is 0.0771. The highest BCUT2D eigenvalue weighted by Crippen LogP contribution is 2.18. The lowest BCUT2D eigenvalue weighted by Crippen LogP contribution is -2.33. The summed E-state index contributed by atoms with van der Waals surface area (Å²) in [7, 11) is 0. The first-order valence-corrected chi connectivity index (χ1v) is 7.15. The molecule has 0 bridgehead atoms. The van der Waals surface area contributed by atoms with Crippen molar-refractivity contribution in [1.82, 2.24) is 5.32 Å². The Morgan fingerprint density at radius 2 is 2.06 bits per heavy atom. The number of hydrogen-bond donors (Lipinski definition) is 2. The van der Waals surface area contributed by atoms with Gasteiger partial charge in [-0.1, -0.05) is 41.9 Å². The minimum absolute atomic E-state index is 0.0771. The molecule has 1 atom stereocenters. The SMILES string of the molecule is OC[C@@H](Cc1ccccc1)NCc1cc(Cl)cs1. The van der Waals surface area contributed by atoms with Crippen LogP contribution in [-0.4, -0.2) is 17.8 Å². The predicted molar refractivity (Wildman–Crippen MR) is 77.2 cm³/mol. The Hall–Kier alpha value is -0.870. The minimum Gasteiger partial charge on any atom is -0.395 e. The number of thiophene rings is 1. The summed E-state index contributed by atoms with van der Waals surface area (Å²) < 4.78 is 0. The fraction of sp³-hybridized carbons (Fsp3) is 0.286. The van der Waals surface area contributed by atoms with Crippen LogP contribution in [0, 0.1) is 0 Å². The van der Waals surface area contributed by atoms with Crippen LogP contribution in [0.15, 0.2) is 41.8 Å². The first kappa shape index (κ1) is 13.6. The number of aliphatic hydroxyl groups is 1. The van der Waals surface area contributed by atoms with Crippen LogP contribution >= 0.6 is 22.9 Å². The van der Waals surface area contributed by atoms with Crippen LogP contribution in [0.25, 0.3) is 0 Å². The third-order valence-electron chi connectivity index (χ3n) is 2.73. The summed E-state index contributed by atoms with van der Waals surface area (Å²) in [5.41, 5.74) is 1.23. The van der Waals surface area contributed by atoms with Crippen molar-refractivity contribution in [2.24, 2.45) is 0 Å². The molecule has 0 saturated carbocycles. The van der Waals surface area contributed by atoms with Gasteiger partial charge in [0.05, 0.1) is 11.6 Å². The lowest BCUT2D eigenvalue weighted by Gasteiger charge is -2.15. The van der Waals surface area contributed by atoms with Gasteiger partial charge in [0.1, 0.15) is 0 Å². The molecule has 0 radical (unpaired) electrons. The van der Waals surface area contributed by atoms with E-state index in [1.54, 1.807) is 11.3 Å². The van der Waals surface area contributed by atoms with Crippen molar-refractivity contribution in [3.8, 4) is 0 Å². The molecule has 96 valence electrons. The molecule has 2 aromatic rings. The summed E-state index contributed by atoms with van der Waals surface area (Å²) in [6.07, 6.45) is 0.830. The average molecular weight is 282 g/mol. The average Bonchev–Trinajstić information content (AvgIpc) is 2.81. The Balaban J connectivity index is 1.86. The Labute approximate surface area is 116 Å². The van der Waals surface area contributed by atoms with E-state index >= 15 is 0 Å². The van der Waals surface area contributed by atoms with E-state index < -0.39 is 0 Å². The zero-order valence-electron chi connectivity index (χ0n) is 9.97. The van der Waals surface area contributed by atoms with Crippen molar-refractivity contribution >= 4 is 22.9 Å². The zero-order valence-corrected chi connectivity index (χ0v) is 11.5. The molecule has 1 aromatic heterocycles. The molecule has 2 rings (SSSR count). The molecule has 0 aliphatic rings. The fourth-order valence-electron chi connectivity index (χ4n) is 1.79. The normalized spacial score (nSPS) is 12.6. The quantitative estimate of drug-likeness (QED) is 0.853. The summed E-state index contributed by atoms with van der Waals surface area (Å²) in [5.74, 6) is 0. The number of benzene rings is 1. The Morgan fingerprint density at radius 1 is 1.28 bits per heavy atom. The monoisotopic (exact) mass is 281 g/mol. The summed E-state index contributed by atoms with van der Waals surface area (Å²) in [5, 5.41) is 15.4. The van der Waals surface area contributed by atoms with E-state index in [2.05, 4.69) is 17.4 Å². The smallest absolute Gasteiger partial charge is 0.0587 e. The van der Waals surface area contributed by atoms with Crippen LogP contribution in [0.2, 0.25) is 5.02 Å². The second-order valence-electron chi connectivity index (χ2n) is 4.18. The van der Waals surface area contributed by atoms with Gasteiger partial charge < -0.3 is 10.4 Å². The number of halogens is 1. The number of hydrogen-bond acceptors (Lipinski definition) is 3. The molecule has 0 fully saturated rings. The highest BCUT2D eigenvalue weighted by atomic mass is 35.5. The summed E-state index contributed by atoms with van der Waals surface area (Å²) in [6, 6.07) is 12.2. The van der Waals surface area contributed by atoms with E-state index in [0.717, 1.165) is 18.0 Å². The molecule has 1 aromatic carbocycles. The maximum Gasteiger partial charge on any atom is 0.0587 e. The van der Waals surface area contributed by atoms with E-state index in [1.165, 1.54) is 10.4 Å². The van der Waals surface area contributed by atoms with E-state index in [-0.39, 0.29) is 12.6 Å². The number of nitrogens with one attached hydrogen (secondary N) is 1. The fourth-order valence-corrected chi connectivity index (χ4v) is 2.82. The Kier molecular flexibility index (Phi) is 5.20. The largest absolute Gasteiger partial charge is 0.395 e. The topological polar surface area (TPSA) is 32.3 Å². The first-order valence-electron chi connectivity index (χ1n) is 5.89. The zero-order chi connectivity index (χ0) is 12.8. The van der Waals surface area contributed by atoms with Crippen LogP contribution in [0.5, 0.6) is 0 Å². The number of rotatable bonds is 6. The van der Waals surface area contributed by atoms with Crippen molar-refractivity contribution in [3.05, 3.63) is 57.2 Å². The standard InChI is InChI=1S/C14H16ClNOS/c15-12-7-14(18-10-12)8-16-13(9-17)6-11-4-2-1-3-5-11/h1-5,7,10,13,16-17H,6,8-9H2/t13-/m1/s1. The maximum absolute atomic E-state index is 9.39. The Morgan fingerprint density at radius 3 is 2.67 bits per heavy atom. The van der Waals surface area contributed by atoms with E-state index in [4.69, 9.17) is 11.6 Å². The van der Waals surface area contributed by atoms with Crippen molar-refractivity contribution < 1.29 is 5.11 Å². The first-order chi connectivity index (χ1) is 8.78. The molecule has 4 heteroatoms. The van der Waals surface area contributed by atoms with Crippen LogP contribution < -0.4 is 5.32 Å². The van der Waals surface area contributed by atoms with Crippen LogP contribution in [0.4, 0.5) is 0 Å². The molecule has 0 spiro atoms. The van der Waals surface area contributed by atoms with Gasteiger partial charge in [0.25, 0.3) is 0 Å². The van der Waals surface area contributed by atoms with Gasteiger partial charge in [0, 0.05) is 22.8 Å². The molecule has 0 aliphatic heterocycles. The van der Waals surface area contributed by atoms with Crippen LogP contribution in [0.3, 0.4) is 0 Å². The second-order valence-corrected chi connectivity index (χ2v) is 5.61. The molecule has 0 amide bonds. The highest BCUT2D eigenvalue weighted by Gasteiger charge is 2.08. The molecular weight excluding hydrogens is 266 g/mol. The molecule has 1 heterocycles. The van der Waals surface area contributed by atoms with Gasteiger partial charge in [0.15, 0.2) is 0 Å². The lowest BCUT2D eigenvalue weighted by atomic mass is 10.1. The van der Waals surface area contributed by atoms with Gasteiger partial charge in [-0.15, -0.1) is 11.3 Å². The van der Waals surface area contributed by atoms with Crippen LogP contribution in [0.1, 0.15) is 10.4 Å². The molecule has 18 heavy (non-hydrogen) atoms. The van der Waals surface area contributed by atoms with Gasteiger partial charge in [-0.3, -0.25) is 0 Å². The molecular formula is C14H16ClNOS. The maximum atomic E-state index is 9.39. The third kappa shape index (κ3) is 4.10. The lowest BCUT2D eigenvalue weighted by molar-refractivity contribution is 0.241. The second kappa shape index (κ2) is 6.90. The van der Waals surface area contributed by atoms with Crippen molar-refractivity contribution in [2.75, 3.05) is 6.61 Å². The Bertz CT molecular complexity index is 472. The van der Waals surface area contributed by atoms with Crippen LogP contribution in [-0.2, 0) is 13.0 Å². The van der Waals surface area contributed by atoms with E-state index in [1.807, 2.05) is 29.6 Å². The van der Waals surface area contributed by atoms with Gasteiger partial charge in [-0.2, -0.15) is 0 Å². The molecule has 0 saturated heterocycles. The summed E-state index contributed by atoms with van der Waals surface area (Å²) >= 11 is 7.50. The summed E-state index contributed by atoms with van der Waals surface area (Å²) in [4.78, 5) is 1.19. The highest BCUT2D eigenvalue weighted by molar-refractivity contribution is 7.10. The molecule has 0 unspecified atom stereocenters. The predicted octanol–water partition coefficient (Wildman–Crippen LogP) is 3.09. The van der Waals surface area contributed by atoms with Crippen molar-refractivity contribution in [2.45, 2.75) is 19.0 Å². The van der Waals surface area contributed by atoms with E-state index in [9.17, 15) is 5.11 Å². The van der Waals surface area contributed by atoms with Gasteiger partial charge in [0.2, 0.25) is 0 Å². The van der Waals surface area contributed by atoms with Gasteiger partial charge in [-0.25, -0.2) is 0 Å².